The van der Waals surface area contributed by atoms with E-state index in [1.165, 1.54) is 0 Å². The molecule has 0 spiro atoms. The van der Waals surface area contributed by atoms with E-state index in [0.29, 0.717) is 17.8 Å². The van der Waals surface area contributed by atoms with Crippen molar-refractivity contribution in [3.8, 4) is 0 Å². The Labute approximate surface area is 217 Å². The molecule has 0 aromatic rings. The number of hydrogen-bond acceptors (Lipinski definition) is 4. The summed E-state index contributed by atoms with van der Waals surface area (Å²) in [7, 11) is -3.75. The first-order valence-corrected chi connectivity index (χ1v) is 16.3. The van der Waals surface area contributed by atoms with Gasteiger partial charge in [0.1, 0.15) is 0 Å². The summed E-state index contributed by atoms with van der Waals surface area (Å²) in [4.78, 5) is 0. The zero-order valence-corrected chi connectivity index (χ0v) is 25.4. The van der Waals surface area contributed by atoms with E-state index in [2.05, 4.69) is 62.3 Å². The van der Waals surface area contributed by atoms with Crippen LogP contribution in [0.2, 0.25) is 0 Å². The molecule has 0 heterocycles. The topological polar surface area (TPSA) is 44.8 Å². The molecule has 35 heavy (non-hydrogen) atoms. The van der Waals surface area contributed by atoms with Crippen LogP contribution in [0.3, 0.4) is 0 Å². The van der Waals surface area contributed by atoms with Gasteiger partial charge in [-0.2, -0.15) is 0 Å². The highest BCUT2D eigenvalue weighted by molar-refractivity contribution is 7.48. The highest BCUT2D eigenvalue weighted by atomic mass is 31.2. The minimum absolute atomic E-state index is 0.447. The van der Waals surface area contributed by atoms with Gasteiger partial charge in [-0.15, -0.1) is 0 Å². The molecule has 0 aromatic carbocycles. The average Bonchev–Trinajstić information content (AvgIpc) is 2.73. The van der Waals surface area contributed by atoms with Crippen molar-refractivity contribution in [1.29, 1.82) is 0 Å². The van der Waals surface area contributed by atoms with Crippen LogP contribution < -0.4 is 0 Å². The molecule has 4 nitrogen and oxygen atoms in total. The van der Waals surface area contributed by atoms with Gasteiger partial charge in [0, 0.05) is 0 Å². The van der Waals surface area contributed by atoms with E-state index in [1.54, 1.807) is 0 Å². The Bertz CT molecular complexity index is 611. The lowest BCUT2D eigenvalue weighted by molar-refractivity contribution is -0.0894. The molecule has 0 atom stereocenters. The van der Waals surface area contributed by atoms with Crippen LogP contribution >= 0.6 is 7.82 Å². The van der Waals surface area contributed by atoms with Crippen molar-refractivity contribution in [2.24, 2.45) is 35.5 Å². The van der Waals surface area contributed by atoms with Crippen LogP contribution in [-0.4, -0.2) is 16.8 Å². The van der Waals surface area contributed by atoms with E-state index >= 15 is 0 Å². The molecule has 0 aromatic heterocycles. The molecule has 5 heteroatoms. The highest BCUT2D eigenvalue weighted by Crippen LogP contribution is 2.63. The molecule has 0 bridgehead atoms. The van der Waals surface area contributed by atoms with Crippen molar-refractivity contribution in [3.05, 3.63) is 0 Å². The number of phosphoric acid groups is 1. The summed E-state index contributed by atoms with van der Waals surface area (Å²) in [5.41, 5.74) is -1.34. The molecule has 0 unspecified atom stereocenters. The third kappa shape index (κ3) is 8.05. The first kappa shape index (κ1) is 29.7. The van der Waals surface area contributed by atoms with Crippen molar-refractivity contribution in [3.63, 3.8) is 0 Å². The summed E-state index contributed by atoms with van der Waals surface area (Å²) in [6.45, 7) is 20.3. The number of phosphoric ester groups is 1. The molecule has 3 rings (SSSR count). The zero-order chi connectivity index (χ0) is 26.1. The summed E-state index contributed by atoms with van der Waals surface area (Å²) in [5.74, 6) is 4.22. The Balaban J connectivity index is 1.76. The van der Waals surface area contributed by atoms with Crippen molar-refractivity contribution >= 4 is 7.82 Å². The summed E-state index contributed by atoms with van der Waals surface area (Å²) in [5, 5.41) is 0. The molecule has 3 aliphatic carbocycles. The van der Waals surface area contributed by atoms with Crippen molar-refractivity contribution in [2.45, 2.75) is 156 Å². The second-order valence-electron chi connectivity index (χ2n) is 14.3. The Morgan fingerprint density at radius 3 is 0.886 bits per heavy atom. The molecule has 0 saturated heterocycles. The summed E-state index contributed by atoms with van der Waals surface area (Å²) in [6, 6.07) is 0. The monoisotopic (exact) mass is 512 g/mol. The quantitative estimate of drug-likeness (QED) is 0.288. The molecule has 206 valence electrons. The molecule has 3 saturated carbocycles. The third-order valence-electron chi connectivity index (χ3n) is 10.1. The van der Waals surface area contributed by atoms with Crippen LogP contribution in [0.25, 0.3) is 0 Å². The molecule has 0 aliphatic heterocycles. The second kappa shape index (κ2) is 11.5. The van der Waals surface area contributed by atoms with Gasteiger partial charge in [-0.1, -0.05) is 41.5 Å². The normalized spacial score (nSPS) is 40.9. The summed E-state index contributed by atoms with van der Waals surface area (Å²) >= 11 is 0. The second-order valence-corrected chi connectivity index (χ2v) is 15.8. The fraction of sp³-hybridized carbons (Fsp3) is 1.00. The smallest absolute Gasteiger partial charge is 0.280 e. The first-order valence-electron chi connectivity index (χ1n) is 14.9. The Hall–Kier alpha value is 0.110. The first-order chi connectivity index (χ1) is 16.2. The van der Waals surface area contributed by atoms with Crippen LogP contribution in [0.1, 0.15) is 139 Å². The van der Waals surface area contributed by atoms with Crippen molar-refractivity contribution in [2.75, 3.05) is 0 Å². The van der Waals surface area contributed by atoms with Crippen LogP contribution in [0.5, 0.6) is 0 Å². The predicted octanol–water partition coefficient (Wildman–Crippen LogP) is 9.96. The van der Waals surface area contributed by atoms with E-state index in [4.69, 9.17) is 13.6 Å². The van der Waals surface area contributed by atoms with E-state index in [-0.39, 0.29) is 0 Å². The Morgan fingerprint density at radius 2 is 0.714 bits per heavy atom. The summed E-state index contributed by atoms with van der Waals surface area (Å²) in [6.07, 6.45) is 12.2. The lowest BCUT2D eigenvalue weighted by Crippen LogP contribution is -2.41. The minimum Gasteiger partial charge on any atom is -0.280 e. The van der Waals surface area contributed by atoms with Crippen LogP contribution in [-0.2, 0) is 18.1 Å². The van der Waals surface area contributed by atoms with E-state index in [9.17, 15) is 4.57 Å². The van der Waals surface area contributed by atoms with Crippen LogP contribution in [0.15, 0.2) is 0 Å². The molecular weight excluding hydrogens is 455 g/mol. The molecule has 3 aliphatic rings. The lowest BCUT2D eigenvalue weighted by Gasteiger charge is -2.46. The van der Waals surface area contributed by atoms with Crippen LogP contribution in [0.4, 0.5) is 0 Å². The average molecular weight is 513 g/mol. The molecule has 0 N–H and O–H groups in total. The van der Waals surface area contributed by atoms with E-state index < -0.39 is 24.6 Å². The Kier molecular flexibility index (Phi) is 9.72. The largest absolute Gasteiger partial charge is 0.476 e. The molecule has 0 radical (unpaired) electrons. The standard InChI is InChI=1S/C30H57O4P/c1-22(2)25-10-16-28(7,17-11-25)32-35(31,33-29(8)18-12-26(13-19-29)23(3)4)34-30(9)20-14-27(15-21-30)24(5)6/h22-27H,10-21H2,1-9H3. The third-order valence-corrected chi connectivity index (χ3v) is 12.1. The van der Waals surface area contributed by atoms with Gasteiger partial charge in [-0.25, -0.2) is 4.57 Å². The fourth-order valence-electron chi connectivity index (χ4n) is 6.89. The van der Waals surface area contributed by atoms with Gasteiger partial charge in [0.25, 0.3) is 0 Å². The van der Waals surface area contributed by atoms with Crippen molar-refractivity contribution < 1.29 is 18.1 Å². The van der Waals surface area contributed by atoms with Gasteiger partial charge in [0.15, 0.2) is 0 Å². The SMILES string of the molecule is CC(C)C1CCC(C)(OP(=O)(OC2(C)CCC(C(C)C)CC2)OC2(C)CCC(C(C)C)CC2)CC1. The van der Waals surface area contributed by atoms with Gasteiger partial charge in [-0.05, 0) is 133 Å². The number of hydrogen-bond donors (Lipinski definition) is 0. The van der Waals surface area contributed by atoms with Gasteiger partial charge in [0.2, 0.25) is 0 Å². The van der Waals surface area contributed by atoms with Crippen LogP contribution in [0, 0.1) is 35.5 Å². The van der Waals surface area contributed by atoms with E-state index in [0.717, 1.165) is 94.8 Å². The fourth-order valence-corrected chi connectivity index (χ4v) is 9.17. The Morgan fingerprint density at radius 1 is 0.514 bits per heavy atom. The van der Waals surface area contributed by atoms with Gasteiger partial charge < -0.3 is 0 Å². The maximum atomic E-state index is 14.6. The maximum Gasteiger partial charge on any atom is 0.476 e. The predicted molar refractivity (Wildman–Crippen MR) is 146 cm³/mol. The molecule has 3 fully saturated rings. The minimum atomic E-state index is -3.75. The molecular formula is C30H57O4P. The highest BCUT2D eigenvalue weighted by Gasteiger charge is 2.50. The summed E-state index contributed by atoms with van der Waals surface area (Å²) < 4.78 is 34.4. The zero-order valence-electron chi connectivity index (χ0n) is 24.5. The van der Waals surface area contributed by atoms with Gasteiger partial charge in [-0.3, -0.25) is 13.6 Å². The molecule has 0 amide bonds. The maximum absolute atomic E-state index is 14.6. The van der Waals surface area contributed by atoms with Crippen molar-refractivity contribution in [1.82, 2.24) is 0 Å². The number of rotatable bonds is 9. The lowest BCUT2D eigenvalue weighted by atomic mass is 9.75. The van der Waals surface area contributed by atoms with Gasteiger partial charge in [0.05, 0.1) is 16.8 Å². The van der Waals surface area contributed by atoms with E-state index in [1.807, 2.05) is 0 Å². The van der Waals surface area contributed by atoms with Gasteiger partial charge >= 0.3 is 7.82 Å².